The Kier molecular flexibility index (Phi) is 3.99. The summed E-state index contributed by atoms with van der Waals surface area (Å²) in [4.78, 5) is 3.72. The topological polar surface area (TPSA) is 24.9 Å². The highest BCUT2D eigenvalue weighted by Crippen LogP contribution is 2.26. The Morgan fingerprint density at radius 3 is 2.72 bits per heavy atom. The fourth-order valence-electron chi connectivity index (χ4n) is 1.82. The van der Waals surface area contributed by atoms with Crippen LogP contribution in [0.5, 0.6) is 0 Å². The number of aromatic nitrogens is 1. The Labute approximate surface area is 105 Å². The molecule has 2 nitrogen and oxygen atoms in total. The van der Waals surface area contributed by atoms with Gasteiger partial charge in [0.05, 0.1) is 6.20 Å². The SMILES string of the molecule is CCNCc1cc(F)ccc1-c1ccncc1F. The molecule has 0 atom stereocenters. The maximum atomic E-state index is 13.7. The molecule has 0 amide bonds. The Balaban J connectivity index is 2.46. The van der Waals surface area contributed by atoms with Crippen LogP contribution in [0.3, 0.4) is 0 Å². The third kappa shape index (κ3) is 2.71. The number of hydrogen-bond donors (Lipinski definition) is 1. The van der Waals surface area contributed by atoms with Gasteiger partial charge in [0, 0.05) is 18.3 Å². The molecule has 2 rings (SSSR count). The quantitative estimate of drug-likeness (QED) is 0.899. The van der Waals surface area contributed by atoms with Crippen LogP contribution < -0.4 is 5.32 Å². The van der Waals surface area contributed by atoms with E-state index >= 15 is 0 Å². The molecule has 0 fully saturated rings. The molecule has 4 heteroatoms. The minimum absolute atomic E-state index is 0.318. The summed E-state index contributed by atoms with van der Waals surface area (Å²) in [6.07, 6.45) is 2.69. The van der Waals surface area contributed by atoms with E-state index < -0.39 is 5.82 Å². The first-order chi connectivity index (χ1) is 8.72. The summed E-state index contributed by atoms with van der Waals surface area (Å²) < 4.78 is 27.0. The Bertz CT molecular complexity index is 541. The zero-order chi connectivity index (χ0) is 13.0. The van der Waals surface area contributed by atoms with Gasteiger partial charge in [-0.1, -0.05) is 13.0 Å². The van der Waals surface area contributed by atoms with Crippen LogP contribution in [0.4, 0.5) is 8.78 Å². The zero-order valence-electron chi connectivity index (χ0n) is 10.1. The largest absolute Gasteiger partial charge is 0.313 e. The maximum absolute atomic E-state index is 13.7. The first-order valence-electron chi connectivity index (χ1n) is 5.81. The monoisotopic (exact) mass is 248 g/mol. The first kappa shape index (κ1) is 12.6. The fourth-order valence-corrected chi connectivity index (χ4v) is 1.82. The second kappa shape index (κ2) is 5.69. The van der Waals surface area contributed by atoms with E-state index in [9.17, 15) is 8.78 Å². The maximum Gasteiger partial charge on any atom is 0.149 e. The molecule has 18 heavy (non-hydrogen) atoms. The summed E-state index contributed by atoms with van der Waals surface area (Å²) in [6.45, 7) is 3.24. The lowest BCUT2D eigenvalue weighted by atomic mass is 10.00. The molecular formula is C14H14F2N2. The summed E-state index contributed by atoms with van der Waals surface area (Å²) in [6, 6.07) is 5.96. The molecule has 0 aliphatic heterocycles. The number of nitrogens with zero attached hydrogens (tertiary/aromatic N) is 1. The minimum Gasteiger partial charge on any atom is -0.313 e. The second-order valence-corrected chi connectivity index (χ2v) is 3.94. The van der Waals surface area contributed by atoms with E-state index in [1.54, 1.807) is 12.1 Å². The number of hydrogen-bond acceptors (Lipinski definition) is 2. The van der Waals surface area contributed by atoms with Crippen LogP contribution in [-0.4, -0.2) is 11.5 Å². The van der Waals surface area contributed by atoms with Crippen molar-refractivity contribution in [3.8, 4) is 11.1 Å². The van der Waals surface area contributed by atoms with Crippen molar-refractivity contribution >= 4 is 0 Å². The number of halogens is 2. The van der Waals surface area contributed by atoms with Gasteiger partial charge < -0.3 is 5.32 Å². The number of rotatable bonds is 4. The van der Waals surface area contributed by atoms with Gasteiger partial charge in [-0.2, -0.15) is 0 Å². The zero-order valence-corrected chi connectivity index (χ0v) is 10.1. The van der Waals surface area contributed by atoms with Crippen molar-refractivity contribution in [3.63, 3.8) is 0 Å². The Morgan fingerprint density at radius 2 is 2.00 bits per heavy atom. The summed E-state index contributed by atoms with van der Waals surface area (Å²) in [5, 5.41) is 3.12. The summed E-state index contributed by atoms with van der Waals surface area (Å²) in [7, 11) is 0. The molecule has 0 saturated carbocycles. The first-order valence-corrected chi connectivity index (χ1v) is 5.81. The normalized spacial score (nSPS) is 10.6. The van der Waals surface area contributed by atoms with E-state index in [2.05, 4.69) is 10.3 Å². The van der Waals surface area contributed by atoms with E-state index in [0.717, 1.165) is 18.3 Å². The molecule has 0 radical (unpaired) electrons. The predicted molar refractivity (Wildman–Crippen MR) is 67.0 cm³/mol. The van der Waals surface area contributed by atoms with Crippen LogP contribution in [0, 0.1) is 11.6 Å². The number of pyridine rings is 1. The Morgan fingerprint density at radius 1 is 1.17 bits per heavy atom. The van der Waals surface area contributed by atoms with Gasteiger partial charge in [-0.15, -0.1) is 0 Å². The predicted octanol–water partition coefficient (Wildman–Crippen LogP) is 3.14. The molecule has 94 valence electrons. The highest BCUT2D eigenvalue weighted by Gasteiger charge is 2.10. The van der Waals surface area contributed by atoms with Gasteiger partial charge in [-0.25, -0.2) is 8.78 Å². The van der Waals surface area contributed by atoms with Crippen molar-refractivity contribution in [1.82, 2.24) is 10.3 Å². The molecule has 0 saturated heterocycles. The number of benzene rings is 1. The highest BCUT2D eigenvalue weighted by molar-refractivity contribution is 5.67. The van der Waals surface area contributed by atoms with Gasteiger partial charge in [0.2, 0.25) is 0 Å². The third-order valence-electron chi connectivity index (χ3n) is 2.70. The summed E-state index contributed by atoms with van der Waals surface area (Å²) in [5.41, 5.74) is 1.87. The molecule has 0 aliphatic carbocycles. The summed E-state index contributed by atoms with van der Waals surface area (Å²) in [5.74, 6) is -0.719. The van der Waals surface area contributed by atoms with Crippen LogP contribution >= 0.6 is 0 Å². The third-order valence-corrected chi connectivity index (χ3v) is 2.70. The van der Waals surface area contributed by atoms with Crippen LogP contribution in [-0.2, 0) is 6.54 Å². The van der Waals surface area contributed by atoms with Crippen molar-refractivity contribution in [3.05, 3.63) is 53.9 Å². The van der Waals surface area contributed by atoms with Crippen LogP contribution in [0.2, 0.25) is 0 Å². The smallest absolute Gasteiger partial charge is 0.149 e. The Hall–Kier alpha value is -1.81. The van der Waals surface area contributed by atoms with Crippen molar-refractivity contribution in [2.75, 3.05) is 6.54 Å². The van der Waals surface area contributed by atoms with Gasteiger partial charge >= 0.3 is 0 Å². The van der Waals surface area contributed by atoms with Gasteiger partial charge in [-0.05, 0) is 35.9 Å². The molecule has 0 unspecified atom stereocenters. The molecule has 0 aliphatic rings. The van der Waals surface area contributed by atoms with Gasteiger partial charge in [0.15, 0.2) is 0 Å². The molecule has 1 aromatic carbocycles. The molecular weight excluding hydrogens is 234 g/mol. The average Bonchev–Trinajstić information content (AvgIpc) is 2.37. The number of nitrogens with one attached hydrogen (secondary N) is 1. The molecule has 1 aromatic heterocycles. The molecule has 0 spiro atoms. The standard InChI is InChI=1S/C14H14F2N2/c1-2-17-8-10-7-11(15)3-4-12(10)13-5-6-18-9-14(13)16/h3-7,9,17H,2,8H2,1H3. The van der Waals surface area contributed by atoms with E-state index in [1.807, 2.05) is 6.92 Å². The summed E-state index contributed by atoms with van der Waals surface area (Å²) >= 11 is 0. The van der Waals surface area contributed by atoms with Crippen molar-refractivity contribution in [2.45, 2.75) is 13.5 Å². The second-order valence-electron chi connectivity index (χ2n) is 3.94. The van der Waals surface area contributed by atoms with Gasteiger partial charge in [0.25, 0.3) is 0 Å². The minimum atomic E-state index is -0.401. The van der Waals surface area contributed by atoms with Gasteiger partial charge in [-0.3, -0.25) is 4.98 Å². The lowest BCUT2D eigenvalue weighted by molar-refractivity contribution is 0.618. The molecule has 0 bridgehead atoms. The van der Waals surface area contributed by atoms with E-state index in [0.29, 0.717) is 17.7 Å². The van der Waals surface area contributed by atoms with Crippen molar-refractivity contribution in [2.24, 2.45) is 0 Å². The highest BCUT2D eigenvalue weighted by atomic mass is 19.1. The van der Waals surface area contributed by atoms with E-state index in [-0.39, 0.29) is 5.82 Å². The van der Waals surface area contributed by atoms with Crippen LogP contribution in [0.15, 0.2) is 36.7 Å². The lowest BCUT2D eigenvalue weighted by Crippen LogP contribution is -2.13. The van der Waals surface area contributed by atoms with Crippen molar-refractivity contribution in [1.29, 1.82) is 0 Å². The van der Waals surface area contributed by atoms with E-state index in [1.165, 1.54) is 18.3 Å². The van der Waals surface area contributed by atoms with Crippen LogP contribution in [0.1, 0.15) is 12.5 Å². The van der Waals surface area contributed by atoms with Crippen molar-refractivity contribution < 1.29 is 8.78 Å². The van der Waals surface area contributed by atoms with Gasteiger partial charge in [0.1, 0.15) is 11.6 Å². The van der Waals surface area contributed by atoms with E-state index in [4.69, 9.17) is 0 Å². The molecule has 2 aromatic rings. The van der Waals surface area contributed by atoms with Crippen LogP contribution in [0.25, 0.3) is 11.1 Å². The molecule has 1 N–H and O–H groups in total. The fraction of sp³-hybridized carbons (Fsp3) is 0.214. The average molecular weight is 248 g/mol. The lowest BCUT2D eigenvalue weighted by Gasteiger charge is -2.11. The molecule has 1 heterocycles.